The van der Waals surface area contributed by atoms with Gasteiger partial charge < -0.3 is 15.0 Å². The Kier molecular flexibility index (Phi) is 2.80. The maximum Gasteiger partial charge on any atom is 0.0925 e. The maximum absolute atomic E-state index is 5.64. The van der Waals surface area contributed by atoms with E-state index >= 15 is 0 Å². The lowest BCUT2D eigenvalue weighted by atomic mass is 9.87. The lowest BCUT2D eigenvalue weighted by Crippen LogP contribution is -2.46. The molecule has 1 aromatic rings. The van der Waals surface area contributed by atoms with Crippen LogP contribution in [0.25, 0.3) is 0 Å². The van der Waals surface area contributed by atoms with Crippen molar-refractivity contribution in [1.82, 2.24) is 15.3 Å². The molecule has 0 saturated heterocycles. The number of fused-ring (bicyclic) bond motifs is 1. The van der Waals surface area contributed by atoms with E-state index in [-0.39, 0.29) is 11.6 Å². The molecule has 1 aliphatic heterocycles. The molecule has 1 aliphatic rings. The molecule has 4 heteroatoms. The summed E-state index contributed by atoms with van der Waals surface area (Å²) < 4.78 is 5.64. The van der Waals surface area contributed by atoms with Crippen molar-refractivity contribution in [1.29, 1.82) is 0 Å². The molecule has 0 aliphatic carbocycles. The number of hydrogen-bond acceptors (Lipinski definition) is 3. The smallest absolute Gasteiger partial charge is 0.0925 e. The van der Waals surface area contributed by atoms with E-state index in [9.17, 15) is 0 Å². The summed E-state index contributed by atoms with van der Waals surface area (Å²) in [5.41, 5.74) is 2.19. The highest BCUT2D eigenvalue weighted by Crippen LogP contribution is 2.33. The van der Waals surface area contributed by atoms with Crippen molar-refractivity contribution in [2.75, 3.05) is 13.7 Å². The Labute approximate surface area is 90.4 Å². The van der Waals surface area contributed by atoms with Gasteiger partial charge in [-0.2, -0.15) is 0 Å². The highest BCUT2D eigenvalue weighted by atomic mass is 16.5. The molecule has 15 heavy (non-hydrogen) atoms. The van der Waals surface area contributed by atoms with Gasteiger partial charge in [0, 0.05) is 25.8 Å². The third-order valence-corrected chi connectivity index (χ3v) is 3.53. The quantitative estimate of drug-likeness (QED) is 0.791. The first-order chi connectivity index (χ1) is 7.21. The van der Waals surface area contributed by atoms with Gasteiger partial charge in [0.25, 0.3) is 0 Å². The molecule has 0 fully saturated rings. The molecule has 0 amide bonds. The van der Waals surface area contributed by atoms with E-state index in [1.165, 1.54) is 5.69 Å². The number of aromatic nitrogens is 2. The molecule has 2 rings (SSSR count). The maximum atomic E-state index is 5.64. The number of H-pyrrole nitrogens is 1. The van der Waals surface area contributed by atoms with Crippen LogP contribution in [0.4, 0.5) is 0 Å². The Balaban J connectivity index is 2.33. The minimum absolute atomic E-state index is 0.176. The van der Waals surface area contributed by atoms with E-state index in [0.717, 1.165) is 25.1 Å². The van der Waals surface area contributed by atoms with Gasteiger partial charge in [-0.15, -0.1) is 0 Å². The zero-order valence-corrected chi connectivity index (χ0v) is 9.63. The van der Waals surface area contributed by atoms with Crippen LogP contribution in [0.2, 0.25) is 0 Å². The molecule has 84 valence electrons. The highest BCUT2D eigenvalue weighted by Gasteiger charge is 2.37. The predicted molar refractivity (Wildman–Crippen MR) is 58.7 cm³/mol. The summed E-state index contributed by atoms with van der Waals surface area (Å²) in [5, 5.41) is 3.50. The van der Waals surface area contributed by atoms with Crippen molar-refractivity contribution < 1.29 is 4.74 Å². The third kappa shape index (κ3) is 1.68. The van der Waals surface area contributed by atoms with E-state index in [1.807, 2.05) is 0 Å². The Morgan fingerprint density at radius 2 is 2.47 bits per heavy atom. The molecular weight excluding hydrogens is 190 g/mol. The fourth-order valence-corrected chi connectivity index (χ4v) is 2.19. The number of nitrogens with one attached hydrogen (secondary N) is 2. The number of imidazole rings is 1. The average Bonchev–Trinajstić information content (AvgIpc) is 2.75. The second-order valence-electron chi connectivity index (χ2n) is 4.27. The molecule has 0 saturated carbocycles. The Morgan fingerprint density at radius 3 is 3.13 bits per heavy atom. The van der Waals surface area contributed by atoms with Crippen LogP contribution < -0.4 is 5.32 Å². The van der Waals surface area contributed by atoms with E-state index in [0.29, 0.717) is 0 Å². The third-order valence-electron chi connectivity index (χ3n) is 3.53. The standard InChI is InChI=1S/C11H19N3O/c1-4-11(2,15-3)10-9-8(5-6-12-10)13-7-14-9/h7,10,12H,4-6H2,1-3H3,(H,13,14). The molecule has 0 bridgehead atoms. The Bertz CT molecular complexity index is 330. The molecule has 2 heterocycles. The van der Waals surface area contributed by atoms with Gasteiger partial charge in [0.1, 0.15) is 0 Å². The summed E-state index contributed by atoms with van der Waals surface area (Å²) in [6.07, 6.45) is 3.76. The van der Waals surface area contributed by atoms with Crippen molar-refractivity contribution in [3.05, 3.63) is 17.7 Å². The van der Waals surface area contributed by atoms with Gasteiger partial charge in [0.2, 0.25) is 0 Å². The molecule has 0 radical (unpaired) electrons. The van der Waals surface area contributed by atoms with Gasteiger partial charge in [-0.1, -0.05) is 6.92 Å². The summed E-state index contributed by atoms with van der Waals surface area (Å²) in [6.45, 7) is 5.26. The molecule has 0 aromatic carbocycles. The fraction of sp³-hybridized carbons (Fsp3) is 0.727. The molecule has 0 spiro atoms. The number of nitrogens with zero attached hydrogens (tertiary/aromatic N) is 1. The van der Waals surface area contributed by atoms with Gasteiger partial charge in [-0.3, -0.25) is 0 Å². The summed E-state index contributed by atoms with van der Waals surface area (Å²) in [7, 11) is 1.77. The fourth-order valence-electron chi connectivity index (χ4n) is 2.19. The number of ether oxygens (including phenoxy) is 1. The second-order valence-corrected chi connectivity index (χ2v) is 4.27. The number of aromatic amines is 1. The summed E-state index contributed by atoms with van der Waals surface area (Å²) in [6, 6.07) is 0.197. The predicted octanol–water partition coefficient (Wildman–Crippen LogP) is 1.41. The van der Waals surface area contributed by atoms with Crippen molar-refractivity contribution in [3.63, 3.8) is 0 Å². The van der Waals surface area contributed by atoms with Crippen LogP contribution in [0.15, 0.2) is 6.33 Å². The first-order valence-corrected chi connectivity index (χ1v) is 5.52. The van der Waals surface area contributed by atoms with Crippen LogP contribution in [0.3, 0.4) is 0 Å². The lowest BCUT2D eigenvalue weighted by Gasteiger charge is -2.38. The summed E-state index contributed by atoms with van der Waals surface area (Å²) >= 11 is 0. The van der Waals surface area contributed by atoms with Gasteiger partial charge in [0.05, 0.1) is 23.7 Å². The van der Waals surface area contributed by atoms with Crippen LogP contribution in [0.1, 0.15) is 37.7 Å². The monoisotopic (exact) mass is 209 g/mol. The summed E-state index contributed by atoms with van der Waals surface area (Å²) in [4.78, 5) is 7.60. The number of rotatable bonds is 3. The van der Waals surface area contributed by atoms with E-state index in [4.69, 9.17) is 4.74 Å². The molecular formula is C11H19N3O. The lowest BCUT2D eigenvalue weighted by molar-refractivity contribution is -0.0326. The molecule has 4 nitrogen and oxygen atoms in total. The average molecular weight is 209 g/mol. The first-order valence-electron chi connectivity index (χ1n) is 5.52. The Hall–Kier alpha value is -0.870. The molecule has 1 aromatic heterocycles. The van der Waals surface area contributed by atoms with E-state index < -0.39 is 0 Å². The van der Waals surface area contributed by atoms with Crippen molar-refractivity contribution in [2.24, 2.45) is 0 Å². The van der Waals surface area contributed by atoms with Crippen LogP contribution in [-0.4, -0.2) is 29.2 Å². The van der Waals surface area contributed by atoms with Gasteiger partial charge >= 0.3 is 0 Å². The topological polar surface area (TPSA) is 49.9 Å². The number of hydrogen-bond donors (Lipinski definition) is 2. The zero-order chi connectivity index (χ0) is 10.9. The largest absolute Gasteiger partial charge is 0.376 e. The van der Waals surface area contributed by atoms with Gasteiger partial charge in [0.15, 0.2) is 0 Å². The number of methoxy groups -OCH3 is 1. The van der Waals surface area contributed by atoms with E-state index in [2.05, 4.69) is 29.1 Å². The van der Waals surface area contributed by atoms with Crippen molar-refractivity contribution in [3.8, 4) is 0 Å². The SMILES string of the molecule is CCC(C)(OC)C1NCCc2[nH]cnc21. The van der Waals surface area contributed by atoms with Crippen molar-refractivity contribution in [2.45, 2.75) is 38.3 Å². The first kappa shape index (κ1) is 10.6. The van der Waals surface area contributed by atoms with Crippen molar-refractivity contribution >= 4 is 0 Å². The molecule has 2 atom stereocenters. The molecule has 2 unspecified atom stereocenters. The van der Waals surface area contributed by atoms with Crippen LogP contribution in [0.5, 0.6) is 0 Å². The minimum Gasteiger partial charge on any atom is -0.376 e. The van der Waals surface area contributed by atoms with Gasteiger partial charge in [-0.05, 0) is 13.3 Å². The van der Waals surface area contributed by atoms with Crippen LogP contribution in [0, 0.1) is 0 Å². The zero-order valence-electron chi connectivity index (χ0n) is 9.63. The van der Waals surface area contributed by atoms with Gasteiger partial charge in [-0.25, -0.2) is 4.98 Å². The second kappa shape index (κ2) is 3.94. The van der Waals surface area contributed by atoms with E-state index in [1.54, 1.807) is 13.4 Å². The minimum atomic E-state index is -0.176. The highest BCUT2D eigenvalue weighted by molar-refractivity contribution is 5.22. The van der Waals surface area contributed by atoms with Crippen LogP contribution in [-0.2, 0) is 11.2 Å². The summed E-state index contributed by atoms with van der Waals surface area (Å²) in [5.74, 6) is 0. The normalized spacial score (nSPS) is 24.6. The van der Waals surface area contributed by atoms with Crippen LogP contribution >= 0.6 is 0 Å². The Morgan fingerprint density at radius 1 is 1.67 bits per heavy atom. The molecule has 2 N–H and O–H groups in total.